The highest BCUT2D eigenvalue weighted by Crippen LogP contribution is 2.55. The molecule has 14 heteroatoms. The van der Waals surface area contributed by atoms with E-state index in [-0.39, 0.29) is 47.1 Å². The minimum Gasteiger partial charge on any atom is -0.494 e. The van der Waals surface area contributed by atoms with Gasteiger partial charge in [0.15, 0.2) is 0 Å². The summed E-state index contributed by atoms with van der Waals surface area (Å²) in [5.41, 5.74) is 3.21. The molecule has 290 valence electrons. The van der Waals surface area contributed by atoms with Crippen LogP contribution in [0.1, 0.15) is 97.3 Å². The second-order valence-corrected chi connectivity index (χ2v) is 16.3. The minimum atomic E-state index is -0.642. The summed E-state index contributed by atoms with van der Waals surface area (Å²) in [6.07, 6.45) is 5.67. The Morgan fingerprint density at radius 3 is 2.46 bits per heavy atom. The number of nitrogens with zero attached hydrogens (tertiary/aromatic N) is 5. The van der Waals surface area contributed by atoms with Gasteiger partial charge in [0.05, 0.1) is 34.8 Å². The van der Waals surface area contributed by atoms with Crippen molar-refractivity contribution < 1.29 is 28.7 Å². The molecule has 7 rings (SSSR count). The van der Waals surface area contributed by atoms with Gasteiger partial charge in [0.1, 0.15) is 29.7 Å². The summed E-state index contributed by atoms with van der Waals surface area (Å²) >= 11 is 6.23. The van der Waals surface area contributed by atoms with Gasteiger partial charge in [-0.05, 0) is 92.3 Å². The van der Waals surface area contributed by atoms with E-state index in [1.165, 1.54) is 4.90 Å². The number of nitrogens with one attached hydrogen (secondary N) is 2. The zero-order chi connectivity index (χ0) is 39.8. The Bertz CT molecular complexity index is 2210. The lowest BCUT2D eigenvalue weighted by molar-refractivity contribution is -0.164. The van der Waals surface area contributed by atoms with Crippen molar-refractivity contribution in [2.24, 2.45) is 10.8 Å². The number of hydrogen-bond acceptors (Lipinski definition) is 9. The molecule has 1 aliphatic carbocycles. The van der Waals surface area contributed by atoms with Crippen LogP contribution in [-0.4, -0.2) is 68.3 Å². The molecule has 1 atom stereocenters. The largest absolute Gasteiger partial charge is 0.494 e. The maximum atomic E-state index is 13.4. The van der Waals surface area contributed by atoms with Gasteiger partial charge >= 0.3 is 0 Å². The van der Waals surface area contributed by atoms with E-state index in [9.17, 15) is 24.4 Å². The maximum Gasteiger partial charge on any atom is 0.255 e. The Hall–Kier alpha value is -5.74. The topological polar surface area (TPSA) is 169 Å². The van der Waals surface area contributed by atoms with Crippen LogP contribution in [-0.2, 0) is 22.6 Å². The summed E-state index contributed by atoms with van der Waals surface area (Å²) in [5, 5.41) is 23.7. The van der Waals surface area contributed by atoms with Crippen LogP contribution in [0.4, 0.5) is 0 Å². The van der Waals surface area contributed by atoms with Crippen molar-refractivity contribution in [3.8, 4) is 23.3 Å². The molecular formula is C42H44ClN7O6. The number of aryl methyl sites for hydroxylation is 1. The summed E-state index contributed by atoms with van der Waals surface area (Å²) in [5.74, 6) is 0.150. The van der Waals surface area contributed by atoms with Crippen LogP contribution >= 0.6 is 11.6 Å². The molecule has 0 spiro atoms. The van der Waals surface area contributed by atoms with E-state index in [1.54, 1.807) is 47.1 Å². The number of hydrogen-bond donors (Lipinski definition) is 2. The Balaban J connectivity index is 0.844. The number of carbonyl (C=O) groups excluding carboxylic acids is 4. The number of benzene rings is 3. The molecule has 0 bridgehead atoms. The first-order valence-electron chi connectivity index (χ1n) is 18.9. The van der Waals surface area contributed by atoms with Gasteiger partial charge in [-0.25, -0.2) is 4.68 Å². The Morgan fingerprint density at radius 1 is 1.00 bits per heavy atom. The van der Waals surface area contributed by atoms with Gasteiger partial charge in [-0.2, -0.15) is 5.26 Å². The van der Waals surface area contributed by atoms with Gasteiger partial charge < -0.3 is 19.7 Å². The van der Waals surface area contributed by atoms with Crippen LogP contribution in [0.3, 0.4) is 0 Å². The summed E-state index contributed by atoms with van der Waals surface area (Å²) in [6.45, 7) is 9.11. The third-order valence-corrected chi connectivity index (χ3v) is 11.5. The third kappa shape index (κ3) is 7.58. The van der Waals surface area contributed by atoms with Crippen LogP contribution in [0, 0.1) is 22.2 Å². The molecule has 3 heterocycles. The van der Waals surface area contributed by atoms with Crippen molar-refractivity contribution in [3.63, 3.8) is 0 Å². The molecule has 56 heavy (non-hydrogen) atoms. The predicted molar refractivity (Wildman–Crippen MR) is 206 cm³/mol. The van der Waals surface area contributed by atoms with Gasteiger partial charge in [0.2, 0.25) is 11.8 Å². The number of carbonyl (C=O) groups is 4. The van der Waals surface area contributed by atoms with E-state index >= 15 is 0 Å². The average Bonchev–Trinajstić information content (AvgIpc) is 3.78. The fraction of sp³-hybridized carbons (Fsp3) is 0.405. The maximum absolute atomic E-state index is 13.4. The molecule has 1 aromatic heterocycles. The van der Waals surface area contributed by atoms with Crippen LogP contribution in [0.2, 0.25) is 5.02 Å². The first-order valence-corrected chi connectivity index (χ1v) is 19.2. The Kier molecular flexibility index (Phi) is 10.6. The summed E-state index contributed by atoms with van der Waals surface area (Å²) in [6, 6.07) is 18.9. The third-order valence-electron chi connectivity index (χ3n) is 11.2. The molecule has 1 saturated carbocycles. The number of fused-ring (bicyclic) bond motifs is 1. The number of nitriles is 1. The van der Waals surface area contributed by atoms with Crippen molar-refractivity contribution in [2.75, 3.05) is 6.61 Å². The lowest BCUT2D eigenvalue weighted by Gasteiger charge is -2.63. The van der Waals surface area contributed by atoms with Gasteiger partial charge in [-0.1, -0.05) is 44.5 Å². The number of rotatable bonds is 13. The highest BCUT2D eigenvalue weighted by molar-refractivity contribution is 6.31. The number of imide groups is 1. The number of ether oxygens (including phenoxy) is 2. The molecule has 4 amide bonds. The Labute approximate surface area is 330 Å². The van der Waals surface area contributed by atoms with E-state index in [0.29, 0.717) is 52.8 Å². The van der Waals surface area contributed by atoms with Crippen molar-refractivity contribution in [1.82, 2.24) is 30.5 Å². The van der Waals surface area contributed by atoms with Crippen molar-refractivity contribution in [2.45, 2.75) is 91.0 Å². The highest BCUT2D eigenvalue weighted by atomic mass is 35.5. The van der Waals surface area contributed by atoms with E-state index in [2.05, 4.69) is 54.7 Å². The van der Waals surface area contributed by atoms with Crippen LogP contribution in [0.15, 0.2) is 66.9 Å². The van der Waals surface area contributed by atoms with Crippen molar-refractivity contribution >= 4 is 35.2 Å². The molecule has 3 aromatic carbocycles. The van der Waals surface area contributed by atoms with E-state index in [4.69, 9.17) is 21.1 Å². The predicted octanol–water partition coefficient (Wildman–Crippen LogP) is 5.96. The average molecular weight is 778 g/mol. The SMILES string of the molecule is CC1(C)C(NC(=O)c2ccc(-n3cc(CCCCCOc4ccc5c(c4)CN(C4CCC(=O)NC4=O)C5=O)nn3)cc2)C(C)(C)C1Oc1ccc(C#N)c(Cl)c1. The standard InChI is InChI=1S/C42H44ClN7O6/c1-41(2)39(42(3,4)40(41)56-31-14-11-26(22-44)33(43)21-31)46-36(52)25-9-12-29(13-10-25)50-24-28(47-48-50)8-6-5-7-19-55-30-15-16-32-27(20-30)23-49(38(32)54)34-17-18-35(51)45-37(34)53/h9-16,20-21,24,34,39-40H,5-8,17-19,23H2,1-4H3,(H,46,52)(H,45,51,53). The number of unbranched alkanes of at least 4 members (excludes halogenated alkanes) is 2. The quantitative estimate of drug-likeness (QED) is 0.123. The molecule has 1 saturated heterocycles. The summed E-state index contributed by atoms with van der Waals surface area (Å²) in [4.78, 5) is 51.7. The second-order valence-electron chi connectivity index (χ2n) is 15.9. The number of amides is 4. The molecule has 0 radical (unpaired) electrons. The number of halogens is 1. The van der Waals surface area contributed by atoms with Crippen molar-refractivity contribution in [1.29, 1.82) is 5.26 Å². The minimum absolute atomic E-state index is 0.156. The number of piperidine rings is 1. The van der Waals surface area contributed by atoms with E-state index in [0.717, 1.165) is 42.6 Å². The number of aromatic nitrogens is 3. The molecule has 3 aliphatic rings. The molecule has 13 nitrogen and oxygen atoms in total. The van der Waals surface area contributed by atoms with Crippen LogP contribution in [0.25, 0.3) is 5.69 Å². The first-order chi connectivity index (χ1) is 26.8. The zero-order valence-corrected chi connectivity index (χ0v) is 32.6. The second kappa shape index (κ2) is 15.4. The highest BCUT2D eigenvalue weighted by Gasteiger charge is 2.64. The Morgan fingerprint density at radius 2 is 1.75 bits per heavy atom. The molecule has 2 fully saturated rings. The molecular weight excluding hydrogens is 734 g/mol. The first kappa shape index (κ1) is 38.5. The van der Waals surface area contributed by atoms with Gasteiger partial charge in [0, 0.05) is 47.0 Å². The lowest BCUT2D eigenvalue weighted by Crippen LogP contribution is -2.74. The zero-order valence-electron chi connectivity index (χ0n) is 31.8. The molecule has 2 aliphatic heterocycles. The lowest BCUT2D eigenvalue weighted by atomic mass is 9.49. The fourth-order valence-corrected chi connectivity index (χ4v) is 8.74. The van der Waals surface area contributed by atoms with E-state index < -0.39 is 11.9 Å². The normalized spacial score (nSPS) is 20.8. The van der Waals surface area contributed by atoms with Crippen LogP contribution in [0.5, 0.6) is 11.5 Å². The van der Waals surface area contributed by atoms with Crippen LogP contribution < -0.4 is 20.1 Å². The molecule has 4 aromatic rings. The van der Waals surface area contributed by atoms with Crippen molar-refractivity contribution in [3.05, 3.63) is 99.8 Å². The monoisotopic (exact) mass is 777 g/mol. The van der Waals surface area contributed by atoms with Gasteiger partial charge in [-0.15, -0.1) is 5.10 Å². The van der Waals surface area contributed by atoms with E-state index in [1.807, 2.05) is 24.4 Å². The fourth-order valence-electron chi connectivity index (χ4n) is 8.53. The van der Waals surface area contributed by atoms with Gasteiger partial charge in [-0.3, -0.25) is 24.5 Å². The molecule has 2 N–H and O–H groups in total. The summed E-state index contributed by atoms with van der Waals surface area (Å²) < 4.78 is 14.0. The smallest absolute Gasteiger partial charge is 0.255 e. The molecule has 1 unspecified atom stereocenters. The van der Waals surface area contributed by atoms with Gasteiger partial charge in [0.25, 0.3) is 11.8 Å². The summed E-state index contributed by atoms with van der Waals surface area (Å²) in [7, 11) is 0.